The predicted octanol–water partition coefficient (Wildman–Crippen LogP) is -0.389. The molecule has 0 unspecified atom stereocenters. The fraction of sp³-hybridized carbons (Fsp3) is 0.462. The molecule has 5 heteroatoms. The topological polar surface area (TPSA) is 59.6 Å². The number of piperidine rings is 1. The first-order chi connectivity index (χ1) is 8.69. The van der Waals surface area contributed by atoms with E-state index in [9.17, 15) is 9.18 Å². The Morgan fingerprint density at radius 2 is 2.17 bits per heavy atom. The molecule has 1 fully saturated rings. The second kappa shape index (κ2) is 5.93. The zero-order valence-electron chi connectivity index (χ0n) is 10.3. The summed E-state index contributed by atoms with van der Waals surface area (Å²) in [4.78, 5) is 12.8. The van der Waals surface area contributed by atoms with E-state index < -0.39 is 0 Å². The number of quaternary nitrogens is 1. The van der Waals surface area contributed by atoms with Crippen LogP contribution in [0.25, 0.3) is 0 Å². The van der Waals surface area contributed by atoms with Crippen LogP contribution in [0.15, 0.2) is 24.3 Å². The van der Waals surface area contributed by atoms with Crippen LogP contribution >= 0.6 is 0 Å². The lowest BCUT2D eigenvalue weighted by Gasteiger charge is -2.28. The predicted molar refractivity (Wildman–Crippen MR) is 65.9 cm³/mol. The Hall–Kier alpha value is -1.46. The molecule has 0 aliphatic carbocycles. The van der Waals surface area contributed by atoms with Gasteiger partial charge in [0.1, 0.15) is 12.4 Å². The zero-order chi connectivity index (χ0) is 13.0. The number of hydrogen-bond acceptors (Lipinski definition) is 2. The van der Waals surface area contributed by atoms with E-state index in [1.807, 2.05) is 6.07 Å². The van der Waals surface area contributed by atoms with Crippen LogP contribution in [0.4, 0.5) is 4.39 Å². The standard InChI is InChI=1S/C13H18FN3O/c14-12-3-1-2-10(8-12)9-17-6-4-11(5-7-17)13(18)16-15/h1-3,8,11H,4-7,9,15H2,(H,16,18)/p+1. The highest BCUT2D eigenvalue weighted by molar-refractivity contribution is 5.77. The Bertz CT molecular complexity index is 416. The lowest BCUT2D eigenvalue weighted by Crippen LogP contribution is -3.11. The van der Waals surface area contributed by atoms with Gasteiger partial charge in [0.2, 0.25) is 5.91 Å². The molecule has 1 aromatic rings. The van der Waals surface area contributed by atoms with Crippen molar-refractivity contribution in [1.82, 2.24) is 5.43 Å². The van der Waals surface area contributed by atoms with Crippen molar-refractivity contribution in [2.45, 2.75) is 19.4 Å². The van der Waals surface area contributed by atoms with Crippen LogP contribution in [0.5, 0.6) is 0 Å². The molecule has 4 N–H and O–H groups in total. The summed E-state index contributed by atoms with van der Waals surface area (Å²) in [6, 6.07) is 6.70. The van der Waals surface area contributed by atoms with E-state index in [1.54, 1.807) is 12.1 Å². The smallest absolute Gasteiger partial charge is 0.237 e. The third-order valence-electron chi connectivity index (χ3n) is 3.55. The first-order valence-electron chi connectivity index (χ1n) is 6.27. The van der Waals surface area contributed by atoms with Crippen molar-refractivity contribution >= 4 is 5.91 Å². The molecule has 0 atom stereocenters. The maximum absolute atomic E-state index is 13.1. The summed E-state index contributed by atoms with van der Waals surface area (Å²) >= 11 is 0. The molecule has 1 heterocycles. The van der Waals surface area contributed by atoms with Crippen LogP contribution in [0.2, 0.25) is 0 Å². The van der Waals surface area contributed by atoms with Crippen molar-refractivity contribution in [3.05, 3.63) is 35.6 Å². The fourth-order valence-electron chi connectivity index (χ4n) is 2.52. The maximum Gasteiger partial charge on any atom is 0.237 e. The number of benzene rings is 1. The number of hydrazine groups is 1. The second-order valence-electron chi connectivity index (χ2n) is 4.84. The van der Waals surface area contributed by atoms with Gasteiger partial charge in [-0.15, -0.1) is 0 Å². The monoisotopic (exact) mass is 252 g/mol. The van der Waals surface area contributed by atoms with E-state index >= 15 is 0 Å². The number of amides is 1. The molecule has 18 heavy (non-hydrogen) atoms. The van der Waals surface area contributed by atoms with Gasteiger partial charge in [0.25, 0.3) is 0 Å². The second-order valence-corrected chi connectivity index (χ2v) is 4.84. The van der Waals surface area contributed by atoms with Gasteiger partial charge in [-0.05, 0) is 12.1 Å². The summed E-state index contributed by atoms with van der Waals surface area (Å²) in [7, 11) is 0. The summed E-state index contributed by atoms with van der Waals surface area (Å²) < 4.78 is 13.1. The van der Waals surface area contributed by atoms with Crippen molar-refractivity contribution in [3.63, 3.8) is 0 Å². The van der Waals surface area contributed by atoms with Crippen molar-refractivity contribution < 1.29 is 14.1 Å². The lowest BCUT2D eigenvalue weighted by molar-refractivity contribution is -0.919. The normalized spacial score (nSPS) is 23.7. The van der Waals surface area contributed by atoms with Crippen molar-refractivity contribution in [1.29, 1.82) is 0 Å². The molecule has 98 valence electrons. The van der Waals surface area contributed by atoms with Crippen molar-refractivity contribution in [2.75, 3.05) is 13.1 Å². The summed E-state index contributed by atoms with van der Waals surface area (Å²) in [5.74, 6) is 4.90. The van der Waals surface area contributed by atoms with Crippen LogP contribution in [-0.4, -0.2) is 19.0 Å². The Morgan fingerprint density at radius 1 is 1.44 bits per heavy atom. The van der Waals surface area contributed by atoms with Gasteiger partial charge in [-0.2, -0.15) is 0 Å². The molecule has 0 saturated carbocycles. The molecule has 1 saturated heterocycles. The third-order valence-corrected chi connectivity index (χ3v) is 3.55. The van der Waals surface area contributed by atoms with Gasteiger partial charge in [-0.3, -0.25) is 10.2 Å². The van der Waals surface area contributed by atoms with E-state index in [0.29, 0.717) is 0 Å². The van der Waals surface area contributed by atoms with E-state index in [2.05, 4.69) is 5.43 Å². The highest BCUT2D eigenvalue weighted by Crippen LogP contribution is 2.09. The first kappa shape index (κ1) is 13.0. The average Bonchev–Trinajstić information content (AvgIpc) is 2.39. The van der Waals surface area contributed by atoms with E-state index in [1.165, 1.54) is 11.0 Å². The summed E-state index contributed by atoms with van der Waals surface area (Å²) in [5, 5.41) is 0. The molecule has 1 amide bonds. The summed E-state index contributed by atoms with van der Waals surface area (Å²) in [6.07, 6.45) is 1.68. The van der Waals surface area contributed by atoms with Crippen LogP contribution in [0, 0.1) is 11.7 Å². The largest absolute Gasteiger partial charge is 0.331 e. The van der Waals surface area contributed by atoms with Gasteiger partial charge in [0.15, 0.2) is 0 Å². The van der Waals surface area contributed by atoms with Crippen molar-refractivity contribution in [2.24, 2.45) is 11.8 Å². The van der Waals surface area contributed by atoms with Crippen LogP contribution in [0.3, 0.4) is 0 Å². The Morgan fingerprint density at radius 3 is 2.78 bits per heavy atom. The number of rotatable bonds is 3. The van der Waals surface area contributed by atoms with Gasteiger partial charge in [0.05, 0.1) is 13.1 Å². The number of hydrogen-bond donors (Lipinski definition) is 3. The van der Waals surface area contributed by atoms with Crippen molar-refractivity contribution in [3.8, 4) is 0 Å². The Labute approximate surface area is 106 Å². The van der Waals surface area contributed by atoms with Crippen LogP contribution < -0.4 is 16.2 Å². The zero-order valence-corrected chi connectivity index (χ0v) is 10.3. The van der Waals surface area contributed by atoms with Gasteiger partial charge >= 0.3 is 0 Å². The quantitative estimate of drug-likeness (QED) is 0.390. The molecule has 1 aliphatic rings. The number of likely N-dealkylation sites (tertiary alicyclic amines) is 1. The van der Waals surface area contributed by atoms with Gasteiger partial charge in [0, 0.05) is 24.3 Å². The van der Waals surface area contributed by atoms with Gasteiger partial charge < -0.3 is 4.90 Å². The van der Waals surface area contributed by atoms with Crippen LogP contribution in [-0.2, 0) is 11.3 Å². The number of carbonyl (C=O) groups is 1. The molecule has 0 spiro atoms. The minimum atomic E-state index is -0.190. The number of carbonyl (C=O) groups excluding carboxylic acids is 1. The summed E-state index contributed by atoms with van der Waals surface area (Å²) in [6.45, 7) is 2.66. The molecular formula is C13H19FN3O+. The number of nitrogens with two attached hydrogens (primary N) is 1. The molecule has 1 aromatic carbocycles. The Balaban J connectivity index is 1.85. The van der Waals surface area contributed by atoms with Gasteiger partial charge in [-0.25, -0.2) is 10.2 Å². The summed E-state index contributed by atoms with van der Waals surface area (Å²) in [5.41, 5.74) is 3.22. The highest BCUT2D eigenvalue weighted by Gasteiger charge is 2.26. The Kier molecular flexibility index (Phi) is 4.28. The maximum atomic E-state index is 13.1. The SMILES string of the molecule is NNC(=O)C1CC[NH+](Cc2cccc(F)c2)CC1. The molecule has 0 radical (unpaired) electrons. The molecule has 4 nitrogen and oxygen atoms in total. The lowest BCUT2D eigenvalue weighted by atomic mass is 9.96. The van der Waals surface area contributed by atoms with Crippen LogP contribution in [0.1, 0.15) is 18.4 Å². The minimum absolute atomic E-state index is 0.0336. The van der Waals surface area contributed by atoms with E-state index in [0.717, 1.165) is 38.0 Å². The molecular weight excluding hydrogens is 233 g/mol. The average molecular weight is 252 g/mol. The van der Waals surface area contributed by atoms with Gasteiger partial charge in [-0.1, -0.05) is 12.1 Å². The fourth-order valence-corrected chi connectivity index (χ4v) is 2.52. The third kappa shape index (κ3) is 3.27. The first-order valence-corrected chi connectivity index (χ1v) is 6.27. The molecule has 0 bridgehead atoms. The molecule has 1 aliphatic heterocycles. The number of nitrogens with one attached hydrogen (secondary N) is 2. The molecule has 2 rings (SSSR count). The number of halogens is 1. The van der Waals surface area contributed by atoms with E-state index in [4.69, 9.17) is 5.84 Å². The molecule has 0 aromatic heterocycles. The highest BCUT2D eigenvalue weighted by atomic mass is 19.1. The van der Waals surface area contributed by atoms with E-state index in [-0.39, 0.29) is 17.6 Å². The minimum Gasteiger partial charge on any atom is -0.331 e.